The summed E-state index contributed by atoms with van der Waals surface area (Å²) in [7, 11) is 4.35. The first-order valence-corrected chi connectivity index (χ1v) is 6.62. The highest BCUT2D eigenvalue weighted by atomic mass is 16.6. The number of methoxy groups -OCH3 is 3. The Bertz CT molecular complexity index is 532. The van der Waals surface area contributed by atoms with Gasteiger partial charge in [-0.1, -0.05) is 13.8 Å². The van der Waals surface area contributed by atoms with Gasteiger partial charge in [-0.25, -0.2) is 4.79 Å². The summed E-state index contributed by atoms with van der Waals surface area (Å²) >= 11 is 0. The number of esters is 1. The van der Waals surface area contributed by atoms with Gasteiger partial charge in [-0.05, 0) is 30.5 Å². The summed E-state index contributed by atoms with van der Waals surface area (Å²) in [5.41, 5.74) is 1.85. The molecular formula is C16H22O5. The monoisotopic (exact) mass is 294 g/mol. The largest absolute Gasteiger partial charge is 0.500 e. The Morgan fingerprint density at radius 3 is 2.29 bits per heavy atom. The summed E-state index contributed by atoms with van der Waals surface area (Å²) in [6.07, 6.45) is 1.22. The molecular weight excluding hydrogens is 272 g/mol. The van der Waals surface area contributed by atoms with E-state index in [1.165, 1.54) is 20.5 Å². The van der Waals surface area contributed by atoms with Gasteiger partial charge in [-0.15, -0.1) is 0 Å². The highest BCUT2D eigenvalue weighted by molar-refractivity contribution is 5.86. The van der Waals surface area contributed by atoms with E-state index in [1.54, 1.807) is 7.11 Å². The van der Waals surface area contributed by atoms with Crippen LogP contribution in [0.2, 0.25) is 0 Å². The second-order valence-electron chi connectivity index (χ2n) is 4.83. The van der Waals surface area contributed by atoms with Crippen LogP contribution in [0, 0.1) is 6.92 Å². The van der Waals surface area contributed by atoms with Gasteiger partial charge in [0, 0.05) is 5.56 Å². The van der Waals surface area contributed by atoms with Crippen LogP contribution < -0.4 is 9.47 Å². The number of rotatable bonds is 6. The first-order valence-electron chi connectivity index (χ1n) is 6.62. The van der Waals surface area contributed by atoms with E-state index in [0.717, 1.165) is 16.9 Å². The van der Waals surface area contributed by atoms with Crippen molar-refractivity contribution in [3.05, 3.63) is 35.3 Å². The first-order chi connectivity index (χ1) is 9.94. The van der Waals surface area contributed by atoms with E-state index < -0.39 is 5.97 Å². The Labute approximate surface area is 125 Å². The number of ether oxygens (including phenoxy) is 4. The topological polar surface area (TPSA) is 54.0 Å². The van der Waals surface area contributed by atoms with Crippen LogP contribution in [0.3, 0.4) is 0 Å². The molecule has 0 unspecified atom stereocenters. The van der Waals surface area contributed by atoms with Crippen molar-refractivity contribution in [3.8, 4) is 11.5 Å². The maximum absolute atomic E-state index is 11.7. The summed E-state index contributed by atoms with van der Waals surface area (Å²) < 4.78 is 20.5. The van der Waals surface area contributed by atoms with Crippen LogP contribution in [0.4, 0.5) is 0 Å². The summed E-state index contributed by atoms with van der Waals surface area (Å²) in [5.74, 6) is 0.959. The summed E-state index contributed by atoms with van der Waals surface area (Å²) in [5, 5.41) is 0. The third-order valence-electron chi connectivity index (χ3n) is 2.98. The minimum Gasteiger partial charge on any atom is -0.500 e. The number of carbonyl (C=O) groups is 1. The molecule has 0 atom stereocenters. The van der Waals surface area contributed by atoms with Crippen molar-refractivity contribution in [3.63, 3.8) is 0 Å². The second-order valence-corrected chi connectivity index (χ2v) is 4.83. The van der Waals surface area contributed by atoms with Crippen LogP contribution in [0.5, 0.6) is 11.5 Å². The SMILES string of the molecule is CO/C=C(/Oc1cc(C)c(OC)cc1C(C)C)C(=O)OC. The van der Waals surface area contributed by atoms with Crippen molar-refractivity contribution in [2.24, 2.45) is 0 Å². The van der Waals surface area contributed by atoms with Gasteiger partial charge in [0.05, 0.1) is 21.3 Å². The van der Waals surface area contributed by atoms with E-state index in [4.69, 9.17) is 14.2 Å². The molecule has 0 bridgehead atoms. The highest BCUT2D eigenvalue weighted by Crippen LogP contribution is 2.34. The van der Waals surface area contributed by atoms with Crippen molar-refractivity contribution in [1.29, 1.82) is 0 Å². The first kappa shape index (κ1) is 16.9. The average Bonchev–Trinajstić information content (AvgIpc) is 2.45. The molecule has 0 aliphatic heterocycles. The quantitative estimate of drug-likeness (QED) is 0.458. The fraction of sp³-hybridized carbons (Fsp3) is 0.438. The lowest BCUT2D eigenvalue weighted by atomic mass is 10.00. The third kappa shape index (κ3) is 4.15. The zero-order valence-electron chi connectivity index (χ0n) is 13.4. The predicted octanol–water partition coefficient (Wildman–Crippen LogP) is 3.17. The molecule has 0 heterocycles. The Balaban J connectivity index is 3.25. The summed E-state index contributed by atoms with van der Waals surface area (Å²) in [6.45, 7) is 5.98. The van der Waals surface area contributed by atoms with Crippen LogP contribution >= 0.6 is 0 Å². The summed E-state index contributed by atoms with van der Waals surface area (Å²) in [4.78, 5) is 11.7. The number of hydrogen-bond acceptors (Lipinski definition) is 5. The van der Waals surface area contributed by atoms with Gasteiger partial charge in [0.1, 0.15) is 17.8 Å². The van der Waals surface area contributed by atoms with E-state index in [9.17, 15) is 4.79 Å². The third-order valence-corrected chi connectivity index (χ3v) is 2.98. The zero-order valence-corrected chi connectivity index (χ0v) is 13.4. The molecule has 21 heavy (non-hydrogen) atoms. The Hall–Kier alpha value is -2.17. The molecule has 0 radical (unpaired) electrons. The lowest BCUT2D eigenvalue weighted by molar-refractivity contribution is -0.138. The fourth-order valence-electron chi connectivity index (χ4n) is 1.88. The molecule has 1 aromatic carbocycles. The maximum Gasteiger partial charge on any atom is 0.377 e. The van der Waals surface area contributed by atoms with Gasteiger partial charge in [0.15, 0.2) is 0 Å². The molecule has 0 saturated heterocycles. The second kappa shape index (κ2) is 7.57. The van der Waals surface area contributed by atoms with Crippen molar-refractivity contribution in [1.82, 2.24) is 0 Å². The molecule has 1 rings (SSSR count). The maximum atomic E-state index is 11.7. The van der Waals surface area contributed by atoms with Crippen molar-refractivity contribution >= 4 is 5.97 Å². The minimum absolute atomic E-state index is 0.00790. The van der Waals surface area contributed by atoms with Gasteiger partial charge < -0.3 is 18.9 Å². The zero-order chi connectivity index (χ0) is 16.0. The van der Waals surface area contributed by atoms with E-state index in [-0.39, 0.29) is 11.7 Å². The van der Waals surface area contributed by atoms with Crippen LogP contribution in [0.1, 0.15) is 30.9 Å². The molecule has 0 amide bonds. The molecule has 116 valence electrons. The normalized spacial score (nSPS) is 11.3. The molecule has 0 N–H and O–H groups in total. The van der Waals surface area contributed by atoms with E-state index in [2.05, 4.69) is 4.74 Å². The van der Waals surface area contributed by atoms with Crippen molar-refractivity contribution in [2.75, 3.05) is 21.3 Å². The number of benzene rings is 1. The number of aryl methyl sites for hydroxylation is 1. The predicted molar refractivity (Wildman–Crippen MR) is 79.6 cm³/mol. The van der Waals surface area contributed by atoms with E-state index >= 15 is 0 Å². The molecule has 5 nitrogen and oxygen atoms in total. The fourth-order valence-corrected chi connectivity index (χ4v) is 1.88. The molecule has 0 aliphatic carbocycles. The number of hydrogen-bond donors (Lipinski definition) is 0. The highest BCUT2D eigenvalue weighted by Gasteiger charge is 2.18. The van der Waals surface area contributed by atoms with Gasteiger partial charge in [-0.3, -0.25) is 0 Å². The minimum atomic E-state index is -0.597. The Morgan fingerprint density at radius 1 is 1.14 bits per heavy atom. The Kier molecular flexibility index (Phi) is 6.09. The van der Waals surface area contributed by atoms with E-state index in [0.29, 0.717) is 5.75 Å². The molecule has 0 saturated carbocycles. The van der Waals surface area contributed by atoms with Gasteiger partial charge in [0.2, 0.25) is 5.76 Å². The smallest absolute Gasteiger partial charge is 0.377 e. The lowest BCUT2D eigenvalue weighted by Gasteiger charge is -2.17. The van der Waals surface area contributed by atoms with E-state index in [1.807, 2.05) is 32.9 Å². The molecule has 0 aromatic heterocycles. The van der Waals surface area contributed by atoms with Crippen LogP contribution in [-0.4, -0.2) is 27.3 Å². The summed E-state index contributed by atoms with van der Waals surface area (Å²) in [6, 6.07) is 3.75. The van der Waals surface area contributed by atoms with Crippen molar-refractivity contribution in [2.45, 2.75) is 26.7 Å². The molecule has 0 fully saturated rings. The standard InChI is InChI=1S/C16H22O5/c1-10(2)12-8-13(19-5)11(3)7-14(12)21-15(9-18-4)16(17)20-6/h7-10H,1-6H3/b15-9+. The number of carbonyl (C=O) groups excluding carboxylic acids is 1. The Morgan fingerprint density at radius 2 is 1.81 bits per heavy atom. The van der Waals surface area contributed by atoms with Gasteiger partial charge in [-0.2, -0.15) is 0 Å². The lowest BCUT2D eigenvalue weighted by Crippen LogP contribution is -2.12. The average molecular weight is 294 g/mol. The van der Waals surface area contributed by atoms with Crippen LogP contribution in [-0.2, 0) is 14.3 Å². The van der Waals surface area contributed by atoms with Gasteiger partial charge in [0.25, 0.3) is 0 Å². The van der Waals surface area contributed by atoms with Crippen LogP contribution in [0.25, 0.3) is 0 Å². The molecule has 1 aromatic rings. The van der Waals surface area contributed by atoms with Gasteiger partial charge >= 0.3 is 5.97 Å². The molecule has 0 spiro atoms. The van der Waals surface area contributed by atoms with Crippen LogP contribution in [0.15, 0.2) is 24.2 Å². The molecule has 5 heteroatoms. The van der Waals surface area contributed by atoms with Crippen molar-refractivity contribution < 1.29 is 23.7 Å². The molecule has 0 aliphatic rings.